The molecule has 0 radical (unpaired) electrons. The van der Waals surface area contributed by atoms with E-state index in [2.05, 4.69) is 10.6 Å². The van der Waals surface area contributed by atoms with Gasteiger partial charge in [0.25, 0.3) is 5.91 Å². The van der Waals surface area contributed by atoms with Crippen LogP contribution in [-0.2, 0) is 19.6 Å². The van der Waals surface area contributed by atoms with Gasteiger partial charge in [-0.25, -0.2) is 8.42 Å². The van der Waals surface area contributed by atoms with Crippen molar-refractivity contribution in [2.75, 3.05) is 25.0 Å². The summed E-state index contributed by atoms with van der Waals surface area (Å²) in [5, 5.41) is 5.25. The van der Waals surface area contributed by atoms with Crippen molar-refractivity contribution in [3.63, 3.8) is 0 Å². The van der Waals surface area contributed by atoms with Gasteiger partial charge in [-0.2, -0.15) is 4.31 Å². The monoisotopic (exact) mass is 403 g/mol. The fraction of sp³-hybridized carbons (Fsp3) is 0.263. The van der Waals surface area contributed by atoms with Crippen molar-refractivity contribution in [1.29, 1.82) is 0 Å². The molecule has 1 atom stereocenters. The highest BCUT2D eigenvalue weighted by atomic mass is 32.2. The number of anilines is 1. The van der Waals surface area contributed by atoms with Crippen molar-refractivity contribution in [1.82, 2.24) is 9.62 Å². The molecule has 2 aromatic carbocycles. The average molecular weight is 403 g/mol. The molecule has 1 fully saturated rings. The van der Waals surface area contributed by atoms with Crippen LogP contribution in [0.15, 0.2) is 59.5 Å². The summed E-state index contributed by atoms with van der Waals surface area (Å²) in [6.07, 6.45) is -0.770. The zero-order valence-electron chi connectivity index (χ0n) is 15.3. The number of ether oxygens (including phenoxy) is 1. The van der Waals surface area contributed by atoms with Gasteiger partial charge in [-0.1, -0.05) is 24.3 Å². The first kappa shape index (κ1) is 19.8. The number of sulfonamides is 1. The zero-order chi connectivity index (χ0) is 20.1. The number of nitrogens with one attached hydrogen (secondary N) is 2. The Morgan fingerprint density at radius 2 is 1.93 bits per heavy atom. The van der Waals surface area contributed by atoms with Crippen molar-refractivity contribution in [3.05, 3.63) is 54.6 Å². The molecule has 0 bridgehead atoms. The number of carbonyl (C=O) groups excluding carboxylic acids is 2. The number of piperazine rings is 1. The van der Waals surface area contributed by atoms with E-state index in [1.807, 2.05) is 6.07 Å². The average Bonchev–Trinajstić information content (AvgIpc) is 2.69. The predicted octanol–water partition coefficient (Wildman–Crippen LogP) is 1.21. The number of hydrogen-bond acceptors (Lipinski definition) is 5. The van der Waals surface area contributed by atoms with Crippen LogP contribution < -0.4 is 15.4 Å². The Labute approximate surface area is 163 Å². The zero-order valence-corrected chi connectivity index (χ0v) is 16.1. The highest BCUT2D eigenvalue weighted by molar-refractivity contribution is 7.89. The second-order valence-electron chi connectivity index (χ2n) is 6.28. The minimum absolute atomic E-state index is 0.0108. The smallest absolute Gasteiger partial charge is 0.265 e. The first-order valence-corrected chi connectivity index (χ1v) is 10.2. The Morgan fingerprint density at radius 3 is 2.64 bits per heavy atom. The molecular weight excluding hydrogens is 382 g/mol. The van der Waals surface area contributed by atoms with Crippen molar-refractivity contribution >= 4 is 27.5 Å². The molecule has 1 aliphatic rings. The van der Waals surface area contributed by atoms with Gasteiger partial charge in [0, 0.05) is 18.8 Å². The van der Waals surface area contributed by atoms with Gasteiger partial charge in [0.05, 0.1) is 11.4 Å². The molecule has 9 heteroatoms. The Bertz CT molecular complexity index is 963. The van der Waals surface area contributed by atoms with Crippen LogP contribution >= 0.6 is 0 Å². The SMILES string of the molecule is C[C@@H](Oc1ccccc1)C(=O)Nc1cccc(S(=O)(=O)N2CCNC(=O)C2)c1. The number of para-hydroxylation sites is 1. The first-order valence-electron chi connectivity index (χ1n) is 8.76. The highest BCUT2D eigenvalue weighted by Crippen LogP contribution is 2.21. The highest BCUT2D eigenvalue weighted by Gasteiger charge is 2.29. The van der Waals surface area contributed by atoms with Gasteiger partial charge >= 0.3 is 0 Å². The topological polar surface area (TPSA) is 105 Å². The Hall–Kier alpha value is -2.91. The Kier molecular flexibility index (Phi) is 5.96. The third-order valence-corrected chi connectivity index (χ3v) is 6.01. The van der Waals surface area contributed by atoms with Crippen molar-refractivity contribution < 1.29 is 22.7 Å². The van der Waals surface area contributed by atoms with E-state index in [1.54, 1.807) is 37.3 Å². The van der Waals surface area contributed by atoms with E-state index in [-0.39, 0.29) is 30.4 Å². The van der Waals surface area contributed by atoms with Crippen LogP contribution in [0.3, 0.4) is 0 Å². The molecule has 1 saturated heterocycles. The normalized spacial score (nSPS) is 16.1. The summed E-state index contributed by atoms with van der Waals surface area (Å²) in [4.78, 5) is 23.9. The molecular formula is C19H21N3O5S. The maximum atomic E-state index is 12.8. The molecule has 1 aliphatic heterocycles. The number of amides is 2. The summed E-state index contributed by atoms with van der Waals surface area (Å²) in [7, 11) is -3.83. The molecule has 8 nitrogen and oxygen atoms in total. The van der Waals surface area contributed by atoms with E-state index in [4.69, 9.17) is 4.74 Å². The fourth-order valence-corrected chi connectivity index (χ4v) is 4.15. The molecule has 2 aromatic rings. The van der Waals surface area contributed by atoms with Crippen LogP contribution in [-0.4, -0.2) is 50.3 Å². The quantitative estimate of drug-likeness (QED) is 0.754. The van der Waals surface area contributed by atoms with Crippen LogP contribution in [0.25, 0.3) is 0 Å². The van der Waals surface area contributed by atoms with Gasteiger partial charge in [0.15, 0.2) is 6.10 Å². The van der Waals surface area contributed by atoms with Crippen LogP contribution in [0, 0.1) is 0 Å². The molecule has 0 saturated carbocycles. The lowest BCUT2D eigenvalue weighted by Crippen LogP contribution is -2.49. The number of carbonyl (C=O) groups is 2. The lowest BCUT2D eigenvalue weighted by Gasteiger charge is -2.26. The maximum absolute atomic E-state index is 12.8. The van der Waals surface area contributed by atoms with Crippen LogP contribution in [0.5, 0.6) is 5.75 Å². The van der Waals surface area contributed by atoms with Crippen LogP contribution in [0.1, 0.15) is 6.92 Å². The molecule has 148 valence electrons. The van der Waals surface area contributed by atoms with E-state index in [0.717, 1.165) is 4.31 Å². The van der Waals surface area contributed by atoms with E-state index in [0.29, 0.717) is 11.4 Å². The molecule has 2 amide bonds. The molecule has 3 rings (SSSR count). The van der Waals surface area contributed by atoms with Crippen LogP contribution in [0.2, 0.25) is 0 Å². The number of hydrogen-bond donors (Lipinski definition) is 2. The second kappa shape index (κ2) is 8.41. The summed E-state index contributed by atoms with van der Waals surface area (Å²) >= 11 is 0. The first-order chi connectivity index (χ1) is 13.4. The predicted molar refractivity (Wildman–Crippen MR) is 103 cm³/mol. The molecule has 0 spiro atoms. The molecule has 2 N–H and O–H groups in total. The number of rotatable bonds is 6. The van der Waals surface area contributed by atoms with Crippen molar-refractivity contribution in [2.45, 2.75) is 17.9 Å². The summed E-state index contributed by atoms with van der Waals surface area (Å²) in [6, 6.07) is 14.9. The molecule has 0 aliphatic carbocycles. The van der Waals surface area contributed by atoms with Crippen molar-refractivity contribution in [2.24, 2.45) is 0 Å². The van der Waals surface area contributed by atoms with Crippen LogP contribution in [0.4, 0.5) is 5.69 Å². The fourth-order valence-electron chi connectivity index (χ4n) is 2.70. The Morgan fingerprint density at radius 1 is 1.18 bits per heavy atom. The molecule has 0 unspecified atom stereocenters. The van der Waals surface area contributed by atoms with E-state index in [9.17, 15) is 18.0 Å². The molecule has 28 heavy (non-hydrogen) atoms. The lowest BCUT2D eigenvalue weighted by atomic mass is 10.3. The third kappa shape index (κ3) is 4.68. The van der Waals surface area contributed by atoms with Gasteiger partial charge in [-0.05, 0) is 37.3 Å². The van der Waals surface area contributed by atoms with E-state index >= 15 is 0 Å². The van der Waals surface area contributed by atoms with Gasteiger partial charge in [-0.15, -0.1) is 0 Å². The van der Waals surface area contributed by atoms with Gasteiger partial charge < -0.3 is 15.4 Å². The maximum Gasteiger partial charge on any atom is 0.265 e. The largest absolute Gasteiger partial charge is 0.481 e. The second-order valence-corrected chi connectivity index (χ2v) is 8.22. The molecule has 0 aromatic heterocycles. The van der Waals surface area contributed by atoms with Gasteiger partial charge in [0.1, 0.15) is 5.75 Å². The third-order valence-electron chi connectivity index (χ3n) is 4.17. The Balaban J connectivity index is 1.70. The van der Waals surface area contributed by atoms with Crippen molar-refractivity contribution in [3.8, 4) is 5.75 Å². The molecule has 1 heterocycles. The minimum atomic E-state index is -3.83. The number of benzene rings is 2. The van der Waals surface area contributed by atoms with Gasteiger partial charge in [-0.3, -0.25) is 9.59 Å². The summed E-state index contributed by atoms with van der Waals surface area (Å²) in [5.41, 5.74) is 0.330. The number of nitrogens with zero attached hydrogens (tertiary/aromatic N) is 1. The lowest BCUT2D eigenvalue weighted by molar-refractivity contribution is -0.123. The standard InChI is InChI=1S/C19H21N3O5S/c1-14(27-16-7-3-2-4-8-16)19(24)21-15-6-5-9-17(12-15)28(25,26)22-11-10-20-18(23)13-22/h2-9,12,14H,10-11,13H2,1H3,(H,20,23)(H,21,24)/t14-/m1/s1. The van der Waals surface area contributed by atoms with E-state index in [1.165, 1.54) is 18.2 Å². The van der Waals surface area contributed by atoms with E-state index < -0.39 is 22.0 Å². The summed E-state index contributed by atoms with van der Waals surface area (Å²) < 4.78 is 32.2. The summed E-state index contributed by atoms with van der Waals surface area (Å²) in [5.74, 6) is -0.188. The summed E-state index contributed by atoms with van der Waals surface area (Å²) in [6.45, 7) is 1.85. The minimum Gasteiger partial charge on any atom is -0.481 e. The van der Waals surface area contributed by atoms with Gasteiger partial charge in [0.2, 0.25) is 15.9 Å².